The second-order valence-corrected chi connectivity index (χ2v) is 5.13. The number of aromatic nitrogens is 1. The largest absolute Gasteiger partial charge is 0.466 e. The molecule has 7 heteroatoms. The van der Waals surface area contributed by atoms with E-state index in [1.807, 2.05) is 6.07 Å². The molecule has 22 heavy (non-hydrogen) atoms. The highest BCUT2D eigenvalue weighted by atomic mass is 32.1. The predicted octanol–water partition coefficient (Wildman–Crippen LogP) is 2.37. The van der Waals surface area contributed by atoms with Crippen LogP contribution in [0.1, 0.15) is 28.5 Å². The smallest absolute Gasteiger partial charge is 0.311 e. The Morgan fingerprint density at radius 2 is 2.09 bits per heavy atom. The highest BCUT2D eigenvalue weighted by molar-refractivity contribution is 7.14. The van der Waals surface area contributed by atoms with Crippen molar-refractivity contribution in [1.82, 2.24) is 4.98 Å². The first kappa shape index (κ1) is 15.7. The van der Waals surface area contributed by atoms with Crippen LogP contribution in [-0.4, -0.2) is 23.5 Å². The lowest BCUT2D eigenvalue weighted by molar-refractivity contribution is -0.142. The minimum atomic E-state index is -0.349. The minimum Gasteiger partial charge on any atom is -0.466 e. The standard InChI is InChI=1S/C15H13N3O3S/c1-2-21-13(19)7-12-9-22-15(17-12)18-14(20)11-5-3-10(8-16)4-6-11/h3-6,9H,2,7H2,1H3,(H,17,18,20). The zero-order chi connectivity index (χ0) is 15.9. The predicted molar refractivity (Wildman–Crippen MR) is 81.6 cm³/mol. The number of rotatable bonds is 5. The maximum atomic E-state index is 12.0. The summed E-state index contributed by atoms with van der Waals surface area (Å²) in [5.41, 5.74) is 1.47. The molecule has 0 atom stereocenters. The third kappa shape index (κ3) is 4.14. The van der Waals surface area contributed by atoms with Gasteiger partial charge in [0.25, 0.3) is 5.91 Å². The number of carbonyl (C=O) groups excluding carboxylic acids is 2. The van der Waals surface area contributed by atoms with Gasteiger partial charge >= 0.3 is 5.97 Å². The van der Waals surface area contributed by atoms with E-state index in [9.17, 15) is 9.59 Å². The SMILES string of the molecule is CCOC(=O)Cc1csc(NC(=O)c2ccc(C#N)cc2)n1. The van der Waals surface area contributed by atoms with Gasteiger partial charge in [-0.15, -0.1) is 11.3 Å². The van der Waals surface area contributed by atoms with Crippen molar-refractivity contribution < 1.29 is 14.3 Å². The summed E-state index contributed by atoms with van der Waals surface area (Å²) in [6.07, 6.45) is 0.0804. The van der Waals surface area contributed by atoms with Crippen molar-refractivity contribution in [2.24, 2.45) is 0 Å². The van der Waals surface area contributed by atoms with Gasteiger partial charge in [0.1, 0.15) is 0 Å². The summed E-state index contributed by atoms with van der Waals surface area (Å²) in [5, 5.41) is 13.5. The Balaban J connectivity index is 1.98. The minimum absolute atomic E-state index is 0.0804. The van der Waals surface area contributed by atoms with Gasteiger partial charge in [-0.1, -0.05) is 0 Å². The second-order valence-electron chi connectivity index (χ2n) is 4.27. The second kappa shape index (κ2) is 7.33. The Bertz CT molecular complexity index is 716. The zero-order valence-corrected chi connectivity index (χ0v) is 12.6. The molecular formula is C15H13N3O3S. The summed E-state index contributed by atoms with van der Waals surface area (Å²) in [6, 6.07) is 8.27. The molecule has 1 aromatic heterocycles. The zero-order valence-electron chi connectivity index (χ0n) is 11.8. The Hall–Kier alpha value is -2.72. The molecule has 1 amide bonds. The first-order valence-electron chi connectivity index (χ1n) is 6.54. The first-order chi connectivity index (χ1) is 10.6. The Morgan fingerprint density at radius 1 is 1.36 bits per heavy atom. The van der Waals surface area contributed by atoms with E-state index in [1.165, 1.54) is 11.3 Å². The van der Waals surface area contributed by atoms with Gasteiger partial charge in [0.05, 0.1) is 30.4 Å². The molecule has 1 heterocycles. The highest BCUT2D eigenvalue weighted by Crippen LogP contribution is 2.17. The van der Waals surface area contributed by atoms with Gasteiger partial charge in [-0.3, -0.25) is 14.9 Å². The Kier molecular flexibility index (Phi) is 5.22. The number of hydrogen-bond donors (Lipinski definition) is 1. The molecule has 2 aromatic rings. The van der Waals surface area contributed by atoms with E-state index >= 15 is 0 Å². The number of hydrogen-bond acceptors (Lipinski definition) is 6. The Morgan fingerprint density at radius 3 is 2.73 bits per heavy atom. The van der Waals surface area contributed by atoms with Gasteiger partial charge in [0.15, 0.2) is 5.13 Å². The number of benzene rings is 1. The lowest BCUT2D eigenvalue weighted by Gasteiger charge is -2.01. The van der Waals surface area contributed by atoms with Gasteiger partial charge in [0.2, 0.25) is 0 Å². The average Bonchev–Trinajstić information content (AvgIpc) is 2.94. The maximum absolute atomic E-state index is 12.0. The van der Waals surface area contributed by atoms with Gasteiger partial charge in [-0.25, -0.2) is 4.98 Å². The van der Waals surface area contributed by atoms with Gasteiger partial charge in [0, 0.05) is 10.9 Å². The van der Waals surface area contributed by atoms with Crippen LogP contribution in [0.5, 0.6) is 0 Å². The topological polar surface area (TPSA) is 92.1 Å². The fraction of sp³-hybridized carbons (Fsp3) is 0.200. The highest BCUT2D eigenvalue weighted by Gasteiger charge is 2.11. The van der Waals surface area contributed by atoms with Crippen molar-refractivity contribution in [2.45, 2.75) is 13.3 Å². The van der Waals surface area contributed by atoms with Crippen molar-refractivity contribution in [1.29, 1.82) is 5.26 Å². The molecule has 0 saturated heterocycles. The number of nitrogens with one attached hydrogen (secondary N) is 1. The number of nitriles is 1. The summed E-state index contributed by atoms with van der Waals surface area (Å²) in [7, 11) is 0. The van der Waals surface area contributed by atoms with Gasteiger partial charge in [-0.2, -0.15) is 5.26 Å². The molecule has 0 aliphatic carbocycles. The van der Waals surface area contributed by atoms with Crippen molar-refractivity contribution in [2.75, 3.05) is 11.9 Å². The fourth-order valence-electron chi connectivity index (χ4n) is 1.67. The summed E-state index contributed by atoms with van der Waals surface area (Å²) in [4.78, 5) is 27.5. The molecule has 0 bridgehead atoms. The molecule has 0 radical (unpaired) electrons. The number of nitrogens with zero attached hydrogens (tertiary/aromatic N) is 2. The van der Waals surface area contributed by atoms with Crippen molar-refractivity contribution in [3.63, 3.8) is 0 Å². The van der Waals surface area contributed by atoms with Crippen LogP contribution in [0.3, 0.4) is 0 Å². The normalized spacial score (nSPS) is 9.82. The van der Waals surface area contributed by atoms with Crippen molar-refractivity contribution >= 4 is 28.3 Å². The molecule has 0 aliphatic rings. The van der Waals surface area contributed by atoms with E-state index in [4.69, 9.17) is 10.00 Å². The van der Waals surface area contributed by atoms with E-state index in [1.54, 1.807) is 36.6 Å². The number of amides is 1. The Labute approximate surface area is 131 Å². The van der Waals surface area contributed by atoms with E-state index in [-0.39, 0.29) is 18.3 Å². The first-order valence-corrected chi connectivity index (χ1v) is 7.42. The van der Waals surface area contributed by atoms with E-state index in [2.05, 4.69) is 10.3 Å². The third-order valence-corrected chi connectivity index (χ3v) is 3.49. The van der Waals surface area contributed by atoms with Gasteiger partial charge < -0.3 is 4.74 Å². The van der Waals surface area contributed by atoms with Crippen LogP contribution < -0.4 is 5.32 Å². The number of thiazole rings is 1. The molecular weight excluding hydrogens is 302 g/mol. The quantitative estimate of drug-likeness (QED) is 0.855. The third-order valence-electron chi connectivity index (χ3n) is 2.68. The van der Waals surface area contributed by atoms with E-state index < -0.39 is 0 Å². The molecule has 2 rings (SSSR count). The van der Waals surface area contributed by atoms with Gasteiger partial charge in [-0.05, 0) is 31.2 Å². The van der Waals surface area contributed by atoms with E-state index in [0.717, 1.165) is 0 Å². The van der Waals surface area contributed by atoms with Crippen LogP contribution >= 0.6 is 11.3 Å². The van der Waals surface area contributed by atoms with Crippen LogP contribution in [0.25, 0.3) is 0 Å². The molecule has 0 saturated carbocycles. The number of anilines is 1. The molecule has 0 unspecified atom stereocenters. The van der Waals surface area contributed by atoms with Crippen molar-refractivity contribution in [3.05, 3.63) is 46.5 Å². The molecule has 1 N–H and O–H groups in total. The van der Waals surface area contributed by atoms with Crippen LogP contribution in [0.2, 0.25) is 0 Å². The maximum Gasteiger partial charge on any atom is 0.311 e. The molecule has 6 nitrogen and oxygen atoms in total. The molecule has 112 valence electrons. The molecule has 0 spiro atoms. The van der Waals surface area contributed by atoms with Crippen LogP contribution in [-0.2, 0) is 16.0 Å². The van der Waals surface area contributed by atoms with Crippen LogP contribution in [0.4, 0.5) is 5.13 Å². The lowest BCUT2D eigenvalue weighted by atomic mass is 10.1. The summed E-state index contributed by atoms with van der Waals surface area (Å²) >= 11 is 1.24. The lowest BCUT2D eigenvalue weighted by Crippen LogP contribution is -2.12. The number of carbonyl (C=O) groups is 2. The summed E-state index contributed by atoms with van der Waals surface area (Å²) in [5.74, 6) is -0.667. The monoisotopic (exact) mass is 315 g/mol. The molecule has 0 aliphatic heterocycles. The molecule has 0 fully saturated rings. The summed E-state index contributed by atoms with van der Waals surface area (Å²) < 4.78 is 4.84. The number of esters is 1. The average molecular weight is 315 g/mol. The van der Waals surface area contributed by atoms with Crippen LogP contribution in [0.15, 0.2) is 29.6 Å². The van der Waals surface area contributed by atoms with E-state index in [0.29, 0.717) is 28.6 Å². The number of ether oxygens (including phenoxy) is 1. The van der Waals surface area contributed by atoms with Crippen molar-refractivity contribution in [3.8, 4) is 6.07 Å². The summed E-state index contributed by atoms with van der Waals surface area (Å²) in [6.45, 7) is 2.06. The fourth-order valence-corrected chi connectivity index (χ4v) is 2.38. The van der Waals surface area contributed by atoms with Crippen LogP contribution in [0, 0.1) is 11.3 Å². The molecule has 1 aromatic carbocycles.